The van der Waals surface area contributed by atoms with Gasteiger partial charge in [-0.2, -0.15) is 13.2 Å². The van der Waals surface area contributed by atoms with E-state index in [1.807, 2.05) is 0 Å². The van der Waals surface area contributed by atoms with Crippen LogP contribution in [0.3, 0.4) is 0 Å². The molecule has 1 amide bonds. The van der Waals surface area contributed by atoms with Crippen molar-refractivity contribution >= 4 is 27.3 Å². The molecule has 0 heterocycles. The minimum atomic E-state index is -4.42. The second kappa shape index (κ2) is 7.14. The van der Waals surface area contributed by atoms with E-state index in [0.29, 0.717) is 11.3 Å². The summed E-state index contributed by atoms with van der Waals surface area (Å²) in [5, 5.41) is 2.57. The van der Waals surface area contributed by atoms with E-state index in [4.69, 9.17) is 0 Å². The highest BCUT2D eigenvalue weighted by Crippen LogP contribution is 2.29. The number of alkyl halides is 3. The molecule has 0 unspecified atom stereocenters. The zero-order valence-corrected chi connectivity index (χ0v) is 13.9. The van der Waals surface area contributed by atoms with Crippen molar-refractivity contribution < 1.29 is 26.4 Å². The Balaban J connectivity index is 2.02. The first-order chi connectivity index (χ1) is 11.5. The fourth-order valence-corrected chi connectivity index (χ4v) is 2.63. The van der Waals surface area contributed by atoms with Gasteiger partial charge in [-0.3, -0.25) is 9.52 Å². The van der Waals surface area contributed by atoms with Gasteiger partial charge in [0.15, 0.2) is 0 Å². The van der Waals surface area contributed by atoms with Crippen LogP contribution < -0.4 is 10.0 Å². The van der Waals surface area contributed by atoms with Gasteiger partial charge in [0.25, 0.3) is 0 Å². The third-order valence-corrected chi connectivity index (χ3v) is 3.70. The average Bonchev–Trinajstić information content (AvgIpc) is 2.45. The van der Waals surface area contributed by atoms with E-state index in [-0.39, 0.29) is 12.1 Å². The molecular formula is C16H15F3N2O3S. The number of anilines is 2. The van der Waals surface area contributed by atoms with Crippen molar-refractivity contribution in [3.05, 3.63) is 59.7 Å². The molecule has 0 radical (unpaired) electrons. The van der Waals surface area contributed by atoms with Crippen molar-refractivity contribution in [2.24, 2.45) is 0 Å². The summed E-state index contributed by atoms with van der Waals surface area (Å²) < 4.78 is 62.2. The predicted octanol–water partition coefficient (Wildman–Crippen LogP) is 3.26. The minimum absolute atomic E-state index is 0.109. The third-order valence-electron chi connectivity index (χ3n) is 3.10. The maximum atomic E-state index is 12.5. The number of sulfonamides is 1. The third kappa shape index (κ3) is 6.11. The van der Waals surface area contributed by atoms with Crippen LogP contribution in [0.4, 0.5) is 24.5 Å². The van der Waals surface area contributed by atoms with Crippen LogP contribution in [-0.4, -0.2) is 20.6 Å². The summed E-state index contributed by atoms with van der Waals surface area (Å²) >= 11 is 0. The van der Waals surface area contributed by atoms with Gasteiger partial charge in [-0.25, -0.2) is 8.42 Å². The molecule has 0 aromatic heterocycles. The molecular weight excluding hydrogens is 357 g/mol. The highest BCUT2D eigenvalue weighted by atomic mass is 32.2. The van der Waals surface area contributed by atoms with Crippen molar-refractivity contribution in [1.29, 1.82) is 0 Å². The summed E-state index contributed by atoms with van der Waals surface area (Å²) in [7, 11) is -3.44. The van der Waals surface area contributed by atoms with Gasteiger partial charge in [-0.05, 0) is 35.9 Å². The lowest BCUT2D eigenvalue weighted by atomic mass is 10.1. The quantitative estimate of drug-likeness (QED) is 0.846. The normalized spacial score (nSPS) is 11.8. The average molecular weight is 372 g/mol. The lowest BCUT2D eigenvalue weighted by molar-refractivity contribution is -0.137. The second-order valence-electron chi connectivity index (χ2n) is 5.37. The molecule has 5 nitrogen and oxygen atoms in total. The van der Waals surface area contributed by atoms with Crippen molar-refractivity contribution in [3.8, 4) is 0 Å². The van der Waals surface area contributed by atoms with Crippen molar-refractivity contribution in [3.63, 3.8) is 0 Å². The van der Waals surface area contributed by atoms with Gasteiger partial charge in [-0.1, -0.05) is 18.2 Å². The largest absolute Gasteiger partial charge is 0.416 e. The maximum Gasteiger partial charge on any atom is 0.416 e. The molecule has 0 saturated heterocycles. The van der Waals surface area contributed by atoms with Crippen LogP contribution in [0.15, 0.2) is 48.5 Å². The van der Waals surface area contributed by atoms with Gasteiger partial charge in [0.05, 0.1) is 23.9 Å². The molecule has 0 aliphatic carbocycles. The van der Waals surface area contributed by atoms with E-state index < -0.39 is 27.7 Å². The zero-order chi connectivity index (χ0) is 18.7. The predicted molar refractivity (Wildman–Crippen MR) is 88.7 cm³/mol. The van der Waals surface area contributed by atoms with Crippen molar-refractivity contribution in [2.45, 2.75) is 12.6 Å². The molecule has 0 spiro atoms. The summed E-state index contributed by atoms with van der Waals surface area (Å²) in [5.41, 5.74) is 0.299. The van der Waals surface area contributed by atoms with Crippen LogP contribution in [0.5, 0.6) is 0 Å². The van der Waals surface area contributed by atoms with Gasteiger partial charge < -0.3 is 5.32 Å². The Morgan fingerprint density at radius 1 is 1.04 bits per heavy atom. The molecule has 2 aromatic rings. The van der Waals surface area contributed by atoms with Crippen LogP contribution >= 0.6 is 0 Å². The Bertz CT molecular complexity index is 863. The Morgan fingerprint density at radius 2 is 1.64 bits per heavy atom. The first-order valence-corrected chi connectivity index (χ1v) is 8.96. The van der Waals surface area contributed by atoms with E-state index in [1.54, 1.807) is 12.1 Å². The minimum Gasteiger partial charge on any atom is -0.326 e. The lowest BCUT2D eigenvalue weighted by Gasteiger charge is -2.09. The van der Waals surface area contributed by atoms with Crippen LogP contribution in [0, 0.1) is 0 Å². The molecule has 0 bridgehead atoms. The Labute approximate surface area is 142 Å². The summed E-state index contributed by atoms with van der Waals surface area (Å²) in [6, 6.07) is 10.4. The molecule has 0 aliphatic heterocycles. The van der Waals surface area contributed by atoms with Gasteiger partial charge >= 0.3 is 6.18 Å². The highest BCUT2D eigenvalue weighted by molar-refractivity contribution is 7.92. The molecule has 25 heavy (non-hydrogen) atoms. The molecule has 2 N–H and O–H groups in total. The lowest BCUT2D eigenvalue weighted by Crippen LogP contribution is -2.15. The number of hydrogen-bond donors (Lipinski definition) is 2. The molecule has 0 aliphatic rings. The number of benzene rings is 2. The number of rotatable bonds is 5. The molecule has 134 valence electrons. The van der Waals surface area contributed by atoms with E-state index in [2.05, 4.69) is 10.0 Å². The van der Waals surface area contributed by atoms with E-state index in [9.17, 15) is 26.4 Å². The fraction of sp³-hybridized carbons (Fsp3) is 0.188. The zero-order valence-electron chi connectivity index (χ0n) is 13.1. The number of hydrogen-bond acceptors (Lipinski definition) is 3. The van der Waals surface area contributed by atoms with Crippen LogP contribution in [0.1, 0.15) is 11.1 Å². The number of halogens is 3. The molecule has 0 saturated carbocycles. The Morgan fingerprint density at radius 3 is 2.20 bits per heavy atom. The van der Waals surface area contributed by atoms with E-state index in [0.717, 1.165) is 18.4 Å². The van der Waals surface area contributed by atoms with Crippen molar-refractivity contribution in [2.75, 3.05) is 16.3 Å². The van der Waals surface area contributed by atoms with Crippen LogP contribution in [-0.2, 0) is 27.4 Å². The smallest absolute Gasteiger partial charge is 0.326 e. The van der Waals surface area contributed by atoms with Gasteiger partial charge in [-0.15, -0.1) is 0 Å². The Kier molecular flexibility index (Phi) is 5.36. The fourth-order valence-electron chi connectivity index (χ4n) is 2.08. The maximum absolute atomic E-state index is 12.5. The summed E-state index contributed by atoms with van der Waals surface area (Å²) in [6.07, 6.45) is -3.53. The number of carbonyl (C=O) groups is 1. The molecule has 0 atom stereocenters. The Hall–Kier alpha value is -2.55. The summed E-state index contributed by atoms with van der Waals surface area (Å²) in [5.74, 6) is -0.434. The molecule has 2 aromatic carbocycles. The standard InChI is InChI=1S/C16H15F3N2O3S/c1-25(23,24)21-14-4-2-3-13(10-14)20-15(22)9-11-5-7-12(8-6-11)16(17,18)19/h2-8,10,21H,9H2,1H3,(H,20,22). The van der Waals surface area contributed by atoms with Gasteiger partial charge in [0.1, 0.15) is 0 Å². The van der Waals surface area contributed by atoms with E-state index in [1.165, 1.54) is 24.3 Å². The highest BCUT2D eigenvalue weighted by Gasteiger charge is 2.29. The molecule has 2 rings (SSSR count). The summed E-state index contributed by atoms with van der Waals surface area (Å²) in [4.78, 5) is 12.0. The first-order valence-electron chi connectivity index (χ1n) is 7.07. The molecule has 0 fully saturated rings. The van der Waals surface area contributed by atoms with Crippen LogP contribution in [0.2, 0.25) is 0 Å². The van der Waals surface area contributed by atoms with Gasteiger partial charge in [0, 0.05) is 5.69 Å². The molecule has 9 heteroatoms. The number of carbonyl (C=O) groups excluding carboxylic acids is 1. The SMILES string of the molecule is CS(=O)(=O)Nc1cccc(NC(=O)Cc2ccc(C(F)(F)F)cc2)c1. The van der Waals surface area contributed by atoms with E-state index >= 15 is 0 Å². The first kappa shape index (κ1) is 18.8. The monoisotopic (exact) mass is 372 g/mol. The second-order valence-corrected chi connectivity index (χ2v) is 7.12. The van der Waals surface area contributed by atoms with Gasteiger partial charge in [0.2, 0.25) is 15.9 Å². The van der Waals surface area contributed by atoms with Crippen molar-refractivity contribution in [1.82, 2.24) is 0 Å². The number of amides is 1. The topological polar surface area (TPSA) is 75.3 Å². The van der Waals surface area contributed by atoms with Crippen LogP contribution in [0.25, 0.3) is 0 Å². The summed E-state index contributed by atoms with van der Waals surface area (Å²) in [6.45, 7) is 0. The number of nitrogens with one attached hydrogen (secondary N) is 2.